The van der Waals surface area contributed by atoms with E-state index in [0.717, 1.165) is 4.90 Å². The Morgan fingerprint density at radius 2 is 1.68 bits per heavy atom. The lowest BCUT2D eigenvalue weighted by Crippen LogP contribution is -2.49. The van der Waals surface area contributed by atoms with Crippen LogP contribution in [0.1, 0.15) is 6.42 Å². The van der Waals surface area contributed by atoms with Crippen LogP contribution in [0, 0.1) is 0 Å². The van der Waals surface area contributed by atoms with Crippen molar-refractivity contribution in [3.8, 4) is 0 Å². The minimum Gasteiger partial charge on any atom is -0.335 e. The lowest BCUT2D eigenvalue weighted by molar-refractivity contribution is -0.134. The van der Waals surface area contributed by atoms with Gasteiger partial charge < -0.3 is 10.2 Å². The van der Waals surface area contributed by atoms with Crippen molar-refractivity contribution in [1.29, 1.82) is 0 Å². The fourth-order valence-electron chi connectivity index (χ4n) is 2.82. The predicted molar refractivity (Wildman–Crippen MR) is 128 cm³/mol. The molecule has 0 aliphatic rings. The van der Waals surface area contributed by atoms with Crippen molar-refractivity contribution >= 4 is 51.0 Å². The van der Waals surface area contributed by atoms with Gasteiger partial charge >= 0.3 is 0 Å². The van der Waals surface area contributed by atoms with Crippen LogP contribution in [0.15, 0.2) is 64.4 Å². The molecule has 2 N–H and O–H groups in total. The molecule has 0 aliphatic heterocycles. The summed E-state index contributed by atoms with van der Waals surface area (Å²) in [6.07, 6.45) is 4.11. The highest BCUT2D eigenvalue weighted by molar-refractivity contribution is 7.98. The molecule has 0 saturated carbocycles. The Bertz CT molecular complexity index is 984. The van der Waals surface area contributed by atoms with Crippen molar-refractivity contribution in [3.05, 3.63) is 54.6 Å². The van der Waals surface area contributed by atoms with Gasteiger partial charge in [0.25, 0.3) is 0 Å². The number of thioether (sulfide) groups is 2. The number of nitrogens with zero attached hydrogens (tertiary/aromatic N) is 1. The van der Waals surface area contributed by atoms with Crippen LogP contribution in [0.3, 0.4) is 0 Å². The van der Waals surface area contributed by atoms with Crippen molar-refractivity contribution < 1.29 is 18.0 Å². The average molecular weight is 482 g/mol. The summed E-state index contributed by atoms with van der Waals surface area (Å²) < 4.78 is 27.9. The molecule has 2 aromatic rings. The topological polar surface area (TPSA) is 95.6 Å². The minimum absolute atomic E-state index is 0.0889. The first-order chi connectivity index (χ1) is 14.8. The van der Waals surface area contributed by atoms with Crippen LogP contribution in [-0.4, -0.2) is 63.0 Å². The molecule has 0 heterocycles. The molecule has 31 heavy (non-hydrogen) atoms. The smallest absolute Gasteiger partial charge is 0.244 e. The first-order valence-corrected chi connectivity index (χ1v) is 13.6. The molecule has 2 rings (SSSR count). The fourth-order valence-corrected chi connectivity index (χ4v) is 5.09. The molecule has 1 atom stereocenters. The van der Waals surface area contributed by atoms with E-state index in [9.17, 15) is 18.0 Å². The van der Waals surface area contributed by atoms with E-state index >= 15 is 0 Å². The van der Waals surface area contributed by atoms with E-state index in [2.05, 4.69) is 10.0 Å². The summed E-state index contributed by atoms with van der Waals surface area (Å²) in [5, 5.41) is 2.81. The summed E-state index contributed by atoms with van der Waals surface area (Å²) in [4.78, 5) is 27.7. The van der Waals surface area contributed by atoms with Crippen molar-refractivity contribution in [2.24, 2.45) is 0 Å². The molecule has 1 unspecified atom stereocenters. The van der Waals surface area contributed by atoms with E-state index in [1.54, 1.807) is 24.3 Å². The Labute approximate surface area is 192 Å². The summed E-state index contributed by atoms with van der Waals surface area (Å²) in [6, 6.07) is 14.3. The van der Waals surface area contributed by atoms with E-state index in [1.807, 2.05) is 30.7 Å². The molecule has 2 amide bonds. The van der Waals surface area contributed by atoms with Gasteiger partial charge in [-0.15, -0.1) is 11.8 Å². The van der Waals surface area contributed by atoms with E-state index in [4.69, 9.17) is 0 Å². The Morgan fingerprint density at radius 3 is 2.32 bits per heavy atom. The molecule has 0 fully saturated rings. The number of hydrogen-bond acceptors (Lipinski definition) is 6. The quantitative estimate of drug-likeness (QED) is 0.479. The van der Waals surface area contributed by atoms with Crippen LogP contribution in [0.25, 0.3) is 0 Å². The average Bonchev–Trinajstić information content (AvgIpc) is 2.77. The SMILES string of the molecule is CSCCC(NS(=O)(=O)c1ccccc1)C(=O)N(C)CC(=O)Nc1ccccc1SC. The van der Waals surface area contributed by atoms with Gasteiger partial charge in [-0.25, -0.2) is 8.42 Å². The number of anilines is 1. The Hall–Kier alpha value is -2.01. The third-order valence-electron chi connectivity index (χ3n) is 4.40. The maximum Gasteiger partial charge on any atom is 0.244 e. The van der Waals surface area contributed by atoms with Crippen LogP contribution in [-0.2, 0) is 19.6 Å². The maximum atomic E-state index is 13.0. The normalized spacial score (nSPS) is 12.2. The highest BCUT2D eigenvalue weighted by Gasteiger charge is 2.28. The van der Waals surface area contributed by atoms with Crippen LogP contribution in [0.2, 0.25) is 0 Å². The van der Waals surface area contributed by atoms with Crippen LogP contribution in [0.5, 0.6) is 0 Å². The molecule has 0 spiro atoms. The maximum absolute atomic E-state index is 13.0. The van der Waals surface area contributed by atoms with Gasteiger partial charge in [0.1, 0.15) is 6.04 Å². The highest BCUT2D eigenvalue weighted by atomic mass is 32.2. The molecule has 0 saturated heterocycles. The van der Waals surface area contributed by atoms with Crippen LogP contribution >= 0.6 is 23.5 Å². The zero-order valence-electron chi connectivity index (χ0n) is 17.7. The highest BCUT2D eigenvalue weighted by Crippen LogP contribution is 2.24. The molecule has 0 radical (unpaired) electrons. The fraction of sp³-hybridized carbons (Fsp3) is 0.333. The number of rotatable bonds is 11. The number of likely N-dealkylation sites (N-methyl/N-ethyl adjacent to an activating group) is 1. The van der Waals surface area contributed by atoms with Crippen molar-refractivity contribution in [1.82, 2.24) is 9.62 Å². The molecule has 0 bridgehead atoms. The molecule has 0 aromatic heterocycles. The molecule has 10 heteroatoms. The van der Waals surface area contributed by atoms with E-state index in [0.29, 0.717) is 17.9 Å². The number of hydrogen-bond donors (Lipinski definition) is 2. The van der Waals surface area contributed by atoms with E-state index in [1.165, 1.54) is 47.6 Å². The second-order valence-corrected chi connectivity index (χ2v) is 10.3. The monoisotopic (exact) mass is 481 g/mol. The number of carbonyl (C=O) groups is 2. The molecule has 168 valence electrons. The largest absolute Gasteiger partial charge is 0.335 e. The Balaban J connectivity index is 2.08. The van der Waals surface area contributed by atoms with Crippen LogP contribution < -0.4 is 10.0 Å². The van der Waals surface area contributed by atoms with Crippen molar-refractivity contribution in [2.45, 2.75) is 22.3 Å². The first kappa shape index (κ1) is 25.3. The lowest BCUT2D eigenvalue weighted by atomic mass is 10.2. The third kappa shape index (κ3) is 7.57. The summed E-state index contributed by atoms with van der Waals surface area (Å²) in [6.45, 7) is -0.190. The zero-order valence-corrected chi connectivity index (χ0v) is 20.1. The van der Waals surface area contributed by atoms with Crippen LogP contribution in [0.4, 0.5) is 5.69 Å². The first-order valence-electron chi connectivity index (χ1n) is 9.52. The van der Waals surface area contributed by atoms with E-state index < -0.39 is 22.0 Å². The number of amides is 2. The van der Waals surface area contributed by atoms with Gasteiger partial charge in [0, 0.05) is 11.9 Å². The number of carbonyl (C=O) groups excluding carboxylic acids is 2. The second-order valence-electron chi connectivity index (χ2n) is 6.71. The van der Waals surface area contributed by atoms with Gasteiger partial charge in [-0.3, -0.25) is 9.59 Å². The van der Waals surface area contributed by atoms with E-state index in [-0.39, 0.29) is 17.3 Å². The molecular weight excluding hydrogens is 454 g/mol. The van der Waals surface area contributed by atoms with Gasteiger partial charge in [0.05, 0.1) is 17.1 Å². The number of benzene rings is 2. The van der Waals surface area contributed by atoms with Gasteiger partial charge in [-0.05, 0) is 49.0 Å². The third-order valence-corrected chi connectivity index (χ3v) is 7.33. The minimum atomic E-state index is -3.86. The second kappa shape index (κ2) is 12.1. The molecule has 0 aliphatic carbocycles. The lowest BCUT2D eigenvalue weighted by Gasteiger charge is -2.24. The van der Waals surface area contributed by atoms with Gasteiger partial charge in [-0.2, -0.15) is 16.5 Å². The Kier molecular flexibility index (Phi) is 9.89. The molecular formula is C21H27N3O4S3. The van der Waals surface area contributed by atoms with Crippen molar-refractivity contribution in [3.63, 3.8) is 0 Å². The molecule has 2 aromatic carbocycles. The van der Waals surface area contributed by atoms with Crippen molar-refractivity contribution in [2.75, 3.05) is 37.2 Å². The summed E-state index contributed by atoms with van der Waals surface area (Å²) >= 11 is 3.02. The molecule has 7 nitrogen and oxygen atoms in total. The van der Waals surface area contributed by atoms with Gasteiger partial charge in [0.15, 0.2) is 0 Å². The Morgan fingerprint density at radius 1 is 1.03 bits per heavy atom. The predicted octanol–water partition coefficient (Wildman–Crippen LogP) is 2.91. The zero-order chi connectivity index (χ0) is 22.9. The standard InChI is InChI=1S/C21H27N3O4S3/c1-24(15-20(25)22-17-11-7-8-12-19(17)30-3)21(26)18(13-14-29-2)23-31(27,28)16-9-5-4-6-10-16/h4-12,18,23H,13-15H2,1-3H3,(H,22,25). The summed E-state index contributed by atoms with van der Waals surface area (Å²) in [7, 11) is -2.37. The summed E-state index contributed by atoms with van der Waals surface area (Å²) in [5.41, 5.74) is 0.671. The van der Waals surface area contributed by atoms with Gasteiger partial charge in [-0.1, -0.05) is 30.3 Å². The van der Waals surface area contributed by atoms with Gasteiger partial charge in [0.2, 0.25) is 21.8 Å². The summed E-state index contributed by atoms with van der Waals surface area (Å²) in [5.74, 6) is -0.219. The number of nitrogens with one attached hydrogen (secondary N) is 2. The number of para-hydroxylation sites is 1. The number of sulfonamides is 1.